The van der Waals surface area contributed by atoms with Crippen molar-refractivity contribution in [3.63, 3.8) is 0 Å². The third-order valence-corrected chi connectivity index (χ3v) is 2.93. The van der Waals surface area contributed by atoms with Crippen LogP contribution in [0.5, 0.6) is 5.75 Å². The summed E-state index contributed by atoms with van der Waals surface area (Å²) in [7, 11) is 1.68. The largest absolute Gasteiger partial charge is 0.497 e. The van der Waals surface area contributed by atoms with Crippen molar-refractivity contribution in [2.45, 2.75) is 26.2 Å². The van der Waals surface area contributed by atoms with Crippen molar-refractivity contribution in [3.05, 3.63) is 48.3 Å². The van der Waals surface area contributed by atoms with Gasteiger partial charge in [-0.15, -0.1) is 0 Å². The van der Waals surface area contributed by atoms with Crippen molar-refractivity contribution < 1.29 is 4.74 Å². The molecule has 1 aromatic heterocycles. The number of pyridine rings is 1. The molecule has 2 heteroatoms. The summed E-state index contributed by atoms with van der Waals surface area (Å²) in [6, 6.07) is 12.2. The summed E-state index contributed by atoms with van der Waals surface area (Å²) < 4.78 is 5.23. The second-order valence-corrected chi connectivity index (χ2v) is 5.41. The quantitative estimate of drug-likeness (QED) is 0.791. The van der Waals surface area contributed by atoms with Gasteiger partial charge in [-0.2, -0.15) is 0 Å². The lowest BCUT2D eigenvalue weighted by atomic mass is 9.91. The van der Waals surface area contributed by atoms with Crippen molar-refractivity contribution in [2.24, 2.45) is 0 Å². The first-order valence-corrected chi connectivity index (χ1v) is 6.11. The van der Waals surface area contributed by atoms with Crippen molar-refractivity contribution in [2.75, 3.05) is 7.11 Å². The summed E-state index contributed by atoms with van der Waals surface area (Å²) in [6.07, 6.45) is 1.93. The van der Waals surface area contributed by atoms with Gasteiger partial charge in [0, 0.05) is 22.9 Å². The van der Waals surface area contributed by atoms with Crippen LogP contribution in [0.2, 0.25) is 0 Å². The van der Waals surface area contributed by atoms with Crippen molar-refractivity contribution in [3.8, 4) is 16.9 Å². The van der Waals surface area contributed by atoms with Gasteiger partial charge < -0.3 is 4.74 Å². The molecule has 94 valence electrons. The van der Waals surface area contributed by atoms with Crippen molar-refractivity contribution in [1.29, 1.82) is 0 Å². The minimum absolute atomic E-state index is 0.0902. The van der Waals surface area contributed by atoms with E-state index in [4.69, 9.17) is 4.74 Å². The number of nitrogens with zero attached hydrogens (tertiary/aromatic N) is 1. The normalized spacial score (nSPS) is 11.3. The Balaban J connectivity index is 2.34. The fourth-order valence-corrected chi connectivity index (χ4v) is 1.81. The van der Waals surface area contributed by atoms with E-state index in [1.807, 2.05) is 24.4 Å². The van der Waals surface area contributed by atoms with Crippen LogP contribution in [0.15, 0.2) is 42.6 Å². The number of aromatic nitrogens is 1. The predicted molar refractivity (Wildman–Crippen MR) is 74.9 cm³/mol. The lowest BCUT2D eigenvalue weighted by Crippen LogP contribution is -2.12. The van der Waals surface area contributed by atoms with E-state index >= 15 is 0 Å². The van der Waals surface area contributed by atoms with E-state index in [9.17, 15) is 0 Å². The molecule has 0 radical (unpaired) electrons. The van der Waals surface area contributed by atoms with E-state index in [1.54, 1.807) is 7.11 Å². The van der Waals surface area contributed by atoms with Crippen LogP contribution in [0.4, 0.5) is 0 Å². The van der Waals surface area contributed by atoms with Crippen LogP contribution in [0.1, 0.15) is 26.5 Å². The fraction of sp³-hybridized carbons (Fsp3) is 0.312. The standard InChI is InChI=1S/C16H19NO/c1-16(2,3)15-9-8-13(11-17-15)12-6-5-7-14(10-12)18-4/h5-11H,1-4H3. The topological polar surface area (TPSA) is 22.1 Å². The molecule has 0 aliphatic carbocycles. The number of benzene rings is 1. The van der Waals surface area contributed by atoms with E-state index < -0.39 is 0 Å². The molecule has 0 amide bonds. The number of rotatable bonds is 2. The van der Waals surface area contributed by atoms with Gasteiger partial charge in [-0.25, -0.2) is 0 Å². The zero-order valence-electron chi connectivity index (χ0n) is 11.4. The Kier molecular flexibility index (Phi) is 3.37. The minimum atomic E-state index is 0.0902. The highest BCUT2D eigenvalue weighted by Gasteiger charge is 2.14. The summed E-state index contributed by atoms with van der Waals surface area (Å²) in [6.45, 7) is 6.50. The highest BCUT2D eigenvalue weighted by Crippen LogP contribution is 2.25. The van der Waals surface area contributed by atoms with Gasteiger partial charge in [0.1, 0.15) is 5.75 Å². The molecule has 0 saturated carbocycles. The van der Waals surface area contributed by atoms with Gasteiger partial charge in [-0.1, -0.05) is 39.0 Å². The van der Waals surface area contributed by atoms with E-state index in [-0.39, 0.29) is 5.41 Å². The maximum absolute atomic E-state index is 5.23. The molecule has 0 atom stereocenters. The van der Waals surface area contributed by atoms with Gasteiger partial charge in [-0.05, 0) is 23.8 Å². The zero-order valence-corrected chi connectivity index (χ0v) is 11.4. The molecule has 0 bridgehead atoms. The molecule has 0 aliphatic heterocycles. The summed E-state index contributed by atoms with van der Waals surface area (Å²) in [4.78, 5) is 4.54. The smallest absolute Gasteiger partial charge is 0.119 e. The van der Waals surface area contributed by atoms with E-state index in [0.717, 1.165) is 22.6 Å². The Bertz CT molecular complexity index is 524. The maximum atomic E-state index is 5.23. The van der Waals surface area contributed by atoms with Crippen LogP contribution in [0, 0.1) is 0 Å². The third kappa shape index (κ3) is 2.70. The molecule has 1 aromatic carbocycles. The Hall–Kier alpha value is -1.83. The fourth-order valence-electron chi connectivity index (χ4n) is 1.81. The zero-order chi connectivity index (χ0) is 13.2. The molecule has 2 rings (SSSR count). The SMILES string of the molecule is COc1cccc(-c2ccc(C(C)(C)C)nc2)c1. The maximum Gasteiger partial charge on any atom is 0.119 e. The van der Waals surface area contributed by atoms with E-state index in [2.05, 4.69) is 44.0 Å². The average molecular weight is 241 g/mol. The van der Waals surface area contributed by atoms with Crippen LogP contribution >= 0.6 is 0 Å². The highest BCUT2D eigenvalue weighted by molar-refractivity contribution is 5.64. The molecule has 0 fully saturated rings. The van der Waals surface area contributed by atoms with Crippen molar-refractivity contribution in [1.82, 2.24) is 4.98 Å². The first-order chi connectivity index (χ1) is 8.50. The molecule has 0 saturated heterocycles. The van der Waals surface area contributed by atoms with Crippen LogP contribution in [-0.4, -0.2) is 12.1 Å². The highest BCUT2D eigenvalue weighted by atomic mass is 16.5. The second-order valence-electron chi connectivity index (χ2n) is 5.41. The lowest BCUT2D eigenvalue weighted by Gasteiger charge is -2.17. The Morgan fingerprint density at radius 3 is 2.33 bits per heavy atom. The monoisotopic (exact) mass is 241 g/mol. The average Bonchev–Trinajstić information content (AvgIpc) is 2.38. The number of hydrogen-bond acceptors (Lipinski definition) is 2. The summed E-state index contributed by atoms with van der Waals surface area (Å²) in [5.74, 6) is 0.868. The molecule has 0 N–H and O–H groups in total. The molecule has 0 spiro atoms. The Morgan fingerprint density at radius 1 is 1.00 bits per heavy atom. The molecular weight excluding hydrogens is 222 g/mol. The summed E-state index contributed by atoms with van der Waals surface area (Å²) in [5, 5.41) is 0. The van der Waals surface area contributed by atoms with Gasteiger partial charge in [0.05, 0.1) is 7.11 Å². The summed E-state index contributed by atoms with van der Waals surface area (Å²) in [5.41, 5.74) is 3.44. The van der Waals surface area contributed by atoms with Gasteiger partial charge in [0.2, 0.25) is 0 Å². The predicted octanol–water partition coefficient (Wildman–Crippen LogP) is 4.05. The van der Waals surface area contributed by atoms with E-state index in [1.165, 1.54) is 0 Å². The second kappa shape index (κ2) is 4.81. The molecular formula is C16H19NO. The number of hydrogen-bond donors (Lipinski definition) is 0. The molecule has 0 unspecified atom stereocenters. The minimum Gasteiger partial charge on any atom is -0.497 e. The van der Waals surface area contributed by atoms with Crippen LogP contribution < -0.4 is 4.74 Å². The molecule has 18 heavy (non-hydrogen) atoms. The number of methoxy groups -OCH3 is 1. The van der Waals surface area contributed by atoms with E-state index in [0.29, 0.717) is 0 Å². The first kappa shape index (κ1) is 12.6. The molecule has 2 aromatic rings. The van der Waals surface area contributed by atoms with Crippen LogP contribution in [0.3, 0.4) is 0 Å². The lowest BCUT2D eigenvalue weighted by molar-refractivity contribution is 0.415. The number of ether oxygens (including phenoxy) is 1. The Labute approximate surface area is 109 Å². The summed E-state index contributed by atoms with van der Waals surface area (Å²) >= 11 is 0. The van der Waals surface area contributed by atoms with Gasteiger partial charge in [0.25, 0.3) is 0 Å². The Morgan fingerprint density at radius 2 is 1.78 bits per heavy atom. The van der Waals surface area contributed by atoms with Crippen LogP contribution in [0.25, 0.3) is 11.1 Å². The van der Waals surface area contributed by atoms with Gasteiger partial charge in [-0.3, -0.25) is 4.98 Å². The molecule has 0 aliphatic rings. The van der Waals surface area contributed by atoms with Gasteiger partial charge >= 0.3 is 0 Å². The molecule has 2 nitrogen and oxygen atoms in total. The third-order valence-electron chi connectivity index (χ3n) is 2.93. The first-order valence-electron chi connectivity index (χ1n) is 6.11. The molecule has 1 heterocycles. The van der Waals surface area contributed by atoms with Crippen LogP contribution in [-0.2, 0) is 5.41 Å². The van der Waals surface area contributed by atoms with Gasteiger partial charge in [0.15, 0.2) is 0 Å². The van der Waals surface area contributed by atoms with Crippen molar-refractivity contribution >= 4 is 0 Å².